The number of benzene rings is 4. The van der Waals surface area contributed by atoms with Crippen LogP contribution < -0.4 is 21.3 Å². The van der Waals surface area contributed by atoms with Crippen molar-refractivity contribution in [3.63, 3.8) is 0 Å². The number of carbonyl (C=O) groups is 2. The molecule has 0 radical (unpaired) electrons. The van der Waals surface area contributed by atoms with Gasteiger partial charge in [0.1, 0.15) is 0 Å². The summed E-state index contributed by atoms with van der Waals surface area (Å²) in [6.45, 7) is 5.17. The van der Waals surface area contributed by atoms with Crippen LogP contribution in [0.2, 0.25) is 0 Å². The van der Waals surface area contributed by atoms with E-state index in [0.29, 0.717) is 24.5 Å². The lowest BCUT2D eigenvalue weighted by Gasteiger charge is -2.14. The number of nitrogens with zero attached hydrogens (tertiary/aromatic N) is 2. The molecule has 8 nitrogen and oxygen atoms in total. The van der Waals surface area contributed by atoms with Crippen LogP contribution in [0, 0.1) is 13.8 Å². The van der Waals surface area contributed by atoms with Gasteiger partial charge in [-0.2, -0.15) is 0 Å². The summed E-state index contributed by atoms with van der Waals surface area (Å²) < 4.78 is 0. The van der Waals surface area contributed by atoms with Gasteiger partial charge in [0.05, 0.1) is 11.0 Å². The van der Waals surface area contributed by atoms with E-state index < -0.39 is 11.8 Å². The predicted molar refractivity (Wildman–Crippen MR) is 178 cm³/mol. The molecule has 0 atom stereocenters. The number of hydrogen-bond donors (Lipinski definition) is 4. The molecule has 0 unspecified atom stereocenters. The first kappa shape index (κ1) is 28.4. The average molecular weight is 581 g/mol. The van der Waals surface area contributed by atoms with Crippen LogP contribution in [0.5, 0.6) is 0 Å². The average Bonchev–Trinajstić information content (AvgIpc) is 3.03. The maximum absolute atomic E-state index is 13.0. The zero-order valence-corrected chi connectivity index (χ0v) is 24.5. The Bertz CT molecular complexity index is 1830. The van der Waals surface area contributed by atoms with Crippen LogP contribution in [0.3, 0.4) is 0 Å². The summed E-state index contributed by atoms with van der Waals surface area (Å²) in [6, 6.07) is 35.0. The van der Waals surface area contributed by atoms with Gasteiger partial charge in [0.2, 0.25) is 0 Å². The molecule has 0 aliphatic rings. The third kappa shape index (κ3) is 6.65. The minimum Gasteiger partial charge on any atom is -0.380 e. The number of aryl methyl sites for hydroxylation is 2. The molecule has 0 spiro atoms. The lowest BCUT2D eigenvalue weighted by Crippen LogP contribution is -2.29. The minimum absolute atomic E-state index is 0.497. The van der Waals surface area contributed by atoms with Crippen molar-refractivity contribution in [2.75, 3.05) is 21.3 Å². The van der Waals surface area contributed by atoms with Crippen molar-refractivity contribution in [1.29, 1.82) is 0 Å². The highest BCUT2D eigenvalue weighted by Gasteiger charge is 2.16. The van der Waals surface area contributed by atoms with Gasteiger partial charge < -0.3 is 21.3 Å². The van der Waals surface area contributed by atoms with Gasteiger partial charge >= 0.3 is 11.8 Å². The summed E-state index contributed by atoms with van der Waals surface area (Å²) in [5.74, 6) is -1.54. The normalized spacial score (nSPS) is 10.9. The number of aromatic nitrogens is 2. The fourth-order valence-corrected chi connectivity index (χ4v) is 5.13. The molecule has 0 saturated heterocycles. The van der Waals surface area contributed by atoms with E-state index in [4.69, 9.17) is 0 Å². The van der Waals surface area contributed by atoms with E-state index in [9.17, 15) is 9.59 Å². The molecule has 0 fully saturated rings. The zero-order valence-electron chi connectivity index (χ0n) is 24.5. The van der Waals surface area contributed by atoms with Crippen molar-refractivity contribution in [2.45, 2.75) is 26.9 Å². The lowest BCUT2D eigenvalue weighted by molar-refractivity contribution is -0.132. The van der Waals surface area contributed by atoms with Gasteiger partial charge in [-0.3, -0.25) is 19.6 Å². The third-order valence-corrected chi connectivity index (χ3v) is 7.25. The molecule has 2 aromatic heterocycles. The van der Waals surface area contributed by atoms with Crippen LogP contribution in [-0.2, 0) is 22.7 Å². The Morgan fingerprint density at radius 1 is 0.545 bits per heavy atom. The molecule has 2 amide bonds. The van der Waals surface area contributed by atoms with Crippen LogP contribution in [0.15, 0.2) is 109 Å². The molecule has 0 aliphatic heterocycles. The van der Waals surface area contributed by atoms with E-state index in [2.05, 4.69) is 55.5 Å². The molecule has 44 heavy (non-hydrogen) atoms. The Balaban J connectivity index is 1.17. The number of anilines is 4. The van der Waals surface area contributed by atoms with Crippen molar-refractivity contribution >= 4 is 56.4 Å². The molecule has 6 rings (SSSR count). The van der Waals surface area contributed by atoms with E-state index >= 15 is 0 Å². The summed E-state index contributed by atoms with van der Waals surface area (Å²) in [5.41, 5.74) is 8.42. The lowest BCUT2D eigenvalue weighted by atomic mass is 10.1. The number of hydrogen-bond acceptors (Lipinski definition) is 6. The standard InChI is InChI=1S/C36H32N6O2/c1-23-17-33(37-21-25-9-5-3-6-10-25)29-19-27(13-15-31(29)39-23)41-35(43)36(44)42-28-14-16-32-30(20-28)34(18-24(2)40-32)38-22-26-11-7-4-8-12-26/h3-20H,21-22H2,1-2H3,(H,37,39)(H,38,40)(H,41,43)(H,42,44). The molecular weight excluding hydrogens is 548 g/mol. The van der Waals surface area contributed by atoms with Crippen LogP contribution in [0.4, 0.5) is 22.7 Å². The molecule has 4 N–H and O–H groups in total. The van der Waals surface area contributed by atoms with E-state index in [1.165, 1.54) is 0 Å². The van der Waals surface area contributed by atoms with Gasteiger partial charge in [-0.05, 0) is 73.5 Å². The fourth-order valence-electron chi connectivity index (χ4n) is 5.13. The van der Waals surface area contributed by atoms with Gasteiger partial charge in [0.25, 0.3) is 0 Å². The van der Waals surface area contributed by atoms with Gasteiger partial charge in [-0.25, -0.2) is 0 Å². The number of pyridine rings is 2. The third-order valence-electron chi connectivity index (χ3n) is 7.25. The summed E-state index contributed by atoms with van der Waals surface area (Å²) >= 11 is 0. The maximum atomic E-state index is 13.0. The molecule has 0 aliphatic carbocycles. The number of carbonyl (C=O) groups excluding carboxylic acids is 2. The maximum Gasteiger partial charge on any atom is 0.314 e. The molecule has 218 valence electrons. The molecule has 6 aromatic rings. The topological polar surface area (TPSA) is 108 Å². The van der Waals surface area contributed by atoms with Crippen molar-refractivity contribution in [1.82, 2.24) is 9.97 Å². The molecule has 0 saturated carbocycles. The first-order chi connectivity index (χ1) is 21.4. The summed E-state index contributed by atoms with van der Waals surface area (Å²) in [5, 5.41) is 14.1. The van der Waals surface area contributed by atoms with Crippen molar-refractivity contribution in [3.05, 3.63) is 132 Å². The van der Waals surface area contributed by atoms with E-state index in [0.717, 1.165) is 55.7 Å². The molecule has 8 heteroatoms. The first-order valence-corrected chi connectivity index (χ1v) is 14.4. The van der Waals surface area contributed by atoms with Gasteiger partial charge in [0.15, 0.2) is 0 Å². The van der Waals surface area contributed by atoms with Crippen LogP contribution in [0.1, 0.15) is 22.5 Å². The Morgan fingerprint density at radius 3 is 1.36 bits per heavy atom. The quantitative estimate of drug-likeness (QED) is 0.142. The van der Waals surface area contributed by atoms with Crippen LogP contribution in [0.25, 0.3) is 21.8 Å². The molecule has 2 heterocycles. The smallest absolute Gasteiger partial charge is 0.314 e. The Labute approximate surface area is 255 Å². The highest BCUT2D eigenvalue weighted by Crippen LogP contribution is 2.28. The van der Waals surface area contributed by atoms with E-state index in [1.807, 2.05) is 86.6 Å². The number of fused-ring (bicyclic) bond motifs is 2. The fraction of sp³-hybridized carbons (Fsp3) is 0.111. The molecule has 4 aromatic carbocycles. The molecular formula is C36H32N6O2. The summed E-state index contributed by atoms with van der Waals surface area (Å²) in [6.07, 6.45) is 0. The first-order valence-electron chi connectivity index (χ1n) is 14.4. The highest BCUT2D eigenvalue weighted by molar-refractivity contribution is 6.43. The largest absolute Gasteiger partial charge is 0.380 e. The monoisotopic (exact) mass is 580 g/mol. The number of amides is 2. The van der Waals surface area contributed by atoms with Crippen LogP contribution >= 0.6 is 0 Å². The Morgan fingerprint density at radius 2 is 0.955 bits per heavy atom. The van der Waals surface area contributed by atoms with Gasteiger partial charge in [0, 0.05) is 58.0 Å². The summed E-state index contributed by atoms with van der Waals surface area (Å²) in [4.78, 5) is 35.2. The van der Waals surface area contributed by atoms with Crippen molar-refractivity contribution < 1.29 is 9.59 Å². The van der Waals surface area contributed by atoms with Crippen molar-refractivity contribution in [3.8, 4) is 0 Å². The van der Waals surface area contributed by atoms with E-state index in [1.54, 1.807) is 12.1 Å². The Kier molecular flexibility index (Phi) is 8.14. The second-order valence-electron chi connectivity index (χ2n) is 10.7. The minimum atomic E-state index is -0.771. The second kappa shape index (κ2) is 12.6. The Hall–Kier alpha value is -5.76. The number of rotatable bonds is 8. The highest BCUT2D eigenvalue weighted by atomic mass is 16.2. The number of nitrogens with one attached hydrogen (secondary N) is 4. The second-order valence-corrected chi connectivity index (χ2v) is 10.7. The van der Waals surface area contributed by atoms with Gasteiger partial charge in [-0.15, -0.1) is 0 Å². The van der Waals surface area contributed by atoms with Crippen molar-refractivity contribution in [2.24, 2.45) is 0 Å². The molecule has 0 bridgehead atoms. The van der Waals surface area contributed by atoms with Gasteiger partial charge in [-0.1, -0.05) is 60.7 Å². The summed E-state index contributed by atoms with van der Waals surface area (Å²) in [7, 11) is 0. The van der Waals surface area contributed by atoms with E-state index in [-0.39, 0.29) is 0 Å². The zero-order chi connectivity index (χ0) is 30.5. The van der Waals surface area contributed by atoms with Crippen LogP contribution in [-0.4, -0.2) is 21.8 Å². The SMILES string of the molecule is Cc1cc(NCc2ccccc2)c2cc(NC(=O)C(=O)Nc3ccc4nc(C)cc(NCc5ccccc5)c4c3)ccc2n1. The predicted octanol–water partition coefficient (Wildman–Crippen LogP) is 7.20.